The molecule has 120 valence electrons. The number of likely N-dealkylation sites (N-methyl/N-ethyl adjacent to an activating group) is 1. The van der Waals surface area contributed by atoms with Crippen molar-refractivity contribution in [1.29, 1.82) is 0 Å². The molecule has 2 N–H and O–H groups in total. The molecule has 23 heavy (non-hydrogen) atoms. The number of benzene rings is 1. The number of anilines is 1. The van der Waals surface area contributed by atoms with Crippen molar-refractivity contribution in [1.82, 2.24) is 9.97 Å². The minimum Gasteiger partial charge on any atom is -0.497 e. The van der Waals surface area contributed by atoms with Crippen LogP contribution in [0.5, 0.6) is 5.75 Å². The summed E-state index contributed by atoms with van der Waals surface area (Å²) in [6.45, 7) is 0.789. The highest BCUT2D eigenvalue weighted by Crippen LogP contribution is 2.24. The second kappa shape index (κ2) is 6.93. The second-order valence-electron chi connectivity index (χ2n) is 5.65. The Morgan fingerprint density at radius 2 is 2.13 bits per heavy atom. The van der Waals surface area contributed by atoms with Gasteiger partial charge >= 0.3 is 0 Å². The molecule has 0 unspecified atom stereocenters. The lowest BCUT2D eigenvalue weighted by Gasteiger charge is -2.23. The molecular formula is C17H21N4OS+. The number of quaternary nitrogens is 1. The SMILES string of the molecule is COc1cccc([C@@H](CNc2ncnc3sccc23)[NH+](C)C)c1. The van der Waals surface area contributed by atoms with Crippen LogP contribution in [0.4, 0.5) is 5.82 Å². The molecule has 0 radical (unpaired) electrons. The summed E-state index contributed by atoms with van der Waals surface area (Å²) in [6, 6.07) is 10.6. The van der Waals surface area contributed by atoms with Crippen molar-refractivity contribution >= 4 is 27.4 Å². The molecule has 0 aliphatic rings. The first kappa shape index (κ1) is 15.7. The van der Waals surface area contributed by atoms with E-state index in [1.807, 2.05) is 17.5 Å². The Hall–Kier alpha value is -2.18. The Morgan fingerprint density at radius 3 is 2.91 bits per heavy atom. The number of nitrogens with zero attached hydrogens (tertiary/aromatic N) is 2. The predicted molar refractivity (Wildman–Crippen MR) is 94.5 cm³/mol. The van der Waals surface area contributed by atoms with Gasteiger partial charge in [-0.15, -0.1) is 11.3 Å². The third-order valence-electron chi connectivity index (χ3n) is 3.93. The van der Waals surface area contributed by atoms with E-state index in [9.17, 15) is 0 Å². The number of fused-ring (bicyclic) bond motifs is 1. The molecule has 0 bridgehead atoms. The fourth-order valence-corrected chi connectivity index (χ4v) is 3.38. The van der Waals surface area contributed by atoms with Crippen LogP contribution in [0.2, 0.25) is 0 Å². The monoisotopic (exact) mass is 329 g/mol. The van der Waals surface area contributed by atoms with Crippen LogP contribution in [0.3, 0.4) is 0 Å². The van der Waals surface area contributed by atoms with Crippen LogP contribution >= 0.6 is 11.3 Å². The predicted octanol–water partition coefficient (Wildman–Crippen LogP) is 2.00. The molecule has 6 heteroatoms. The standard InChI is InChI=1S/C17H20N4OS/c1-21(2)15(12-5-4-6-13(9-12)22-3)10-18-16-14-7-8-23-17(14)20-11-19-16/h4-9,11,15H,10H2,1-3H3,(H,18,19,20)/p+1/t15-/m1/s1. The third kappa shape index (κ3) is 3.43. The van der Waals surface area contributed by atoms with E-state index in [1.165, 1.54) is 10.5 Å². The van der Waals surface area contributed by atoms with Crippen molar-refractivity contribution in [3.8, 4) is 5.75 Å². The molecule has 0 aliphatic heterocycles. The largest absolute Gasteiger partial charge is 0.497 e. The summed E-state index contributed by atoms with van der Waals surface area (Å²) in [4.78, 5) is 11.0. The van der Waals surface area contributed by atoms with E-state index in [4.69, 9.17) is 4.74 Å². The van der Waals surface area contributed by atoms with E-state index < -0.39 is 0 Å². The molecule has 2 heterocycles. The van der Waals surface area contributed by atoms with Gasteiger partial charge in [0, 0.05) is 5.56 Å². The molecule has 3 rings (SSSR count). The number of aromatic nitrogens is 2. The highest BCUT2D eigenvalue weighted by Gasteiger charge is 2.19. The Balaban J connectivity index is 1.81. The van der Waals surface area contributed by atoms with Crippen molar-refractivity contribution in [2.75, 3.05) is 33.1 Å². The van der Waals surface area contributed by atoms with E-state index in [1.54, 1.807) is 24.8 Å². The van der Waals surface area contributed by atoms with Gasteiger partial charge in [0.25, 0.3) is 0 Å². The van der Waals surface area contributed by atoms with Gasteiger partial charge < -0.3 is 15.0 Å². The molecule has 5 nitrogen and oxygen atoms in total. The molecule has 0 saturated carbocycles. The molecule has 3 aromatic rings. The van der Waals surface area contributed by atoms with E-state index in [-0.39, 0.29) is 0 Å². The van der Waals surface area contributed by atoms with E-state index in [0.717, 1.165) is 28.3 Å². The van der Waals surface area contributed by atoms with Crippen molar-refractivity contribution in [2.45, 2.75) is 6.04 Å². The van der Waals surface area contributed by atoms with Crippen LogP contribution < -0.4 is 15.0 Å². The summed E-state index contributed by atoms with van der Waals surface area (Å²) in [5.74, 6) is 1.78. The molecule has 0 fully saturated rings. The summed E-state index contributed by atoms with van der Waals surface area (Å²) in [7, 11) is 6.01. The lowest BCUT2D eigenvalue weighted by atomic mass is 10.1. The number of thiophene rings is 1. The first-order valence-electron chi connectivity index (χ1n) is 7.55. The molecule has 0 spiro atoms. The van der Waals surface area contributed by atoms with Gasteiger partial charge in [0.05, 0.1) is 33.1 Å². The molecule has 0 amide bonds. The zero-order valence-electron chi connectivity index (χ0n) is 13.5. The maximum atomic E-state index is 5.35. The summed E-state index contributed by atoms with van der Waals surface area (Å²) < 4.78 is 5.35. The highest BCUT2D eigenvalue weighted by atomic mass is 32.1. The van der Waals surface area contributed by atoms with Gasteiger partial charge in [-0.2, -0.15) is 0 Å². The van der Waals surface area contributed by atoms with Gasteiger partial charge in [0.2, 0.25) is 0 Å². The van der Waals surface area contributed by atoms with Crippen LogP contribution in [0.15, 0.2) is 42.0 Å². The minimum absolute atomic E-state index is 0.300. The summed E-state index contributed by atoms with van der Waals surface area (Å²) in [5.41, 5.74) is 1.24. The lowest BCUT2D eigenvalue weighted by molar-refractivity contribution is -0.890. The Labute approximate surface area is 139 Å². The fraction of sp³-hybridized carbons (Fsp3) is 0.294. The zero-order chi connectivity index (χ0) is 16.2. The first-order chi connectivity index (χ1) is 11.2. The van der Waals surface area contributed by atoms with Crippen molar-refractivity contribution in [2.24, 2.45) is 0 Å². The number of methoxy groups -OCH3 is 1. The Bertz CT molecular complexity index is 787. The molecular weight excluding hydrogens is 308 g/mol. The van der Waals surface area contributed by atoms with Crippen molar-refractivity contribution in [3.63, 3.8) is 0 Å². The molecule has 2 aromatic heterocycles. The summed E-state index contributed by atoms with van der Waals surface area (Å²) in [6.07, 6.45) is 1.62. The van der Waals surface area contributed by atoms with Crippen LogP contribution in [0.1, 0.15) is 11.6 Å². The normalized spacial score (nSPS) is 12.5. The molecule has 1 atom stereocenters. The quantitative estimate of drug-likeness (QED) is 0.726. The number of rotatable bonds is 6. The van der Waals surface area contributed by atoms with Gasteiger partial charge in [-0.25, -0.2) is 9.97 Å². The number of ether oxygens (including phenoxy) is 1. The number of nitrogens with one attached hydrogen (secondary N) is 2. The Kier molecular flexibility index (Phi) is 4.73. The average molecular weight is 329 g/mol. The first-order valence-corrected chi connectivity index (χ1v) is 8.43. The zero-order valence-corrected chi connectivity index (χ0v) is 14.4. The average Bonchev–Trinajstić information content (AvgIpc) is 3.04. The maximum Gasteiger partial charge on any atom is 0.138 e. The van der Waals surface area contributed by atoms with E-state index in [0.29, 0.717) is 6.04 Å². The third-order valence-corrected chi connectivity index (χ3v) is 4.75. The highest BCUT2D eigenvalue weighted by molar-refractivity contribution is 7.16. The minimum atomic E-state index is 0.300. The van der Waals surface area contributed by atoms with Gasteiger partial charge in [-0.1, -0.05) is 12.1 Å². The number of hydrogen-bond donors (Lipinski definition) is 2. The molecule has 1 aromatic carbocycles. The van der Waals surface area contributed by atoms with E-state index in [2.05, 4.69) is 47.6 Å². The van der Waals surface area contributed by atoms with Crippen molar-refractivity contribution in [3.05, 3.63) is 47.6 Å². The van der Waals surface area contributed by atoms with Crippen LogP contribution in [0, 0.1) is 0 Å². The maximum absolute atomic E-state index is 5.35. The summed E-state index contributed by atoms with van der Waals surface area (Å²) >= 11 is 1.63. The van der Waals surface area contributed by atoms with Crippen LogP contribution in [-0.4, -0.2) is 37.7 Å². The van der Waals surface area contributed by atoms with Crippen molar-refractivity contribution < 1.29 is 9.64 Å². The molecule has 0 aliphatic carbocycles. The van der Waals surface area contributed by atoms with Gasteiger partial charge in [0.1, 0.15) is 28.8 Å². The lowest BCUT2D eigenvalue weighted by Crippen LogP contribution is -3.06. The Morgan fingerprint density at radius 1 is 1.26 bits per heavy atom. The smallest absolute Gasteiger partial charge is 0.138 e. The number of hydrogen-bond acceptors (Lipinski definition) is 5. The summed E-state index contributed by atoms with van der Waals surface area (Å²) in [5, 5.41) is 6.61. The van der Waals surface area contributed by atoms with Gasteiger partial charge in [-0.3, -0.25) is 0 Å². The molecule has 0 saturated heterocycles. The van der Waals surface area contributed by atoms with Crippen LogP contribution in [-0.2, 0) is 0 Å². The van der Waals surface area contributed by atoms with E-state index >= 15 is 0 Å². The van der Waals surface area contributed by atoms with Crippen LogP contribution in [0.25, 0.3) is 10.2 Å². The van der Waals surface area contributed by atoms with Gasteiger partial charge in [-0.05, 0) is 23.6 Å². The second-order valence-corrected chi connectivity index (χ2v) is 6.54. The fourth-order valence-electron chi connectivity index (χ4n) is 2.64. The van der Waals surface area contributed by atoms with Gasteiger partial charge in [0.15, 0.2) is 0 Å². The topological polar surface area (TPSA) is 51.5 Å².